The van der Waals surface area contributed by atoms with Crippen LogP contribution in [0, 0.1) is 5.92 Å². The van der Waals surface area contributed by atoms with Gasteiger partial charge in [0.1, 0.15) is 5.69 Å². The molecule has 9 nitrogen and oxygen atoms in total. The summed E-state index contributed by atoms with van der Waals surface area (Å²) in [5.74, 6) is -0.873. The topological polar surface area (TPSA) is 133 Å². The van der Waals surface area contributed by atoms with Crippen molar-refractivity contribution in [3.05, 3.63) is 63.7 Å². The Labute approximate surface area is 187 Å². The summed E-state index contributed by atoms with van der Waals surface area (Å²) in [5, 5.41) is 10.5. The van der Waals surface area contributed by atoms with Gasteiger partial charge in [-0.05, 0) is 36.2 Å². The summed E-state index contributed by atoms with van der Waals surface area (Å²) in [6.45, 7) is 3.94. The van der Waals surface area contributed by atoms with Crippen LogP contribution in [0.3, 0.4) is 0 Å². The Morgan fingerprint density at radius 3 is 2.62 bits per heavy atom. The molecule has 4 aromatic rings. The van der Waals surface area contributed by atoms with Crippen molar-refractivity contribution < 1.29 is 14.1 Å². The largest absolute Gasteiger partial charge is 0.439 e. The number of aromatic amines is 2. The average Bonchev–Trinajstić information content (AvgIpc) is 3.35. The molecule has 0 spiro atoms. The molecule has 4 N–H and O–H groups in total. The summed E-state index contributed by atoms with van der Waals surface area (Å²) in [7, 11) is 0. The van der Waals surface area contributed by atoms with E-state index < -0.39 is 11.7 Å². The summed E-state index contributed by atoms with van der Waals surface area (Å²) in [6.07, 6.45) is 0.397. The first-order valence-corrected chi connectivity index (χ1v) is 10.3. The first kappa shape index (κ1) is 21.4. The number of H-pyrrole nitrogens is 2. The van der Waals surface area contributed by atoms with Crippen molar-refractivity contribution in [1.82, 2.24) is 15.1 Å². The van der Waals surface area contributed by atoms with Crippen LogP contribution in [0.15, 0.2) is 51.8 Å². The molecule has 2 amide bonds. The number of fused-ring (bicyclic) bond motifs is 1. The number of hydrogen-bond acceptors (Lipinski definition) is 5. The Kier molecular flexibility index (Phi) is 5.83. The highest BCUT2D eigenvalue weighted by Gasteiger charge is 2.17. The Balaban J connectivity index is 1.62. The number of para-hydroxylation sites is 1. The monoisotopic (exact) mass is 453 g/mol. The summed E-state index contributed by atoms with van der Waals surface area (Å²) < 4.78 is 4.55. The molecule has 0 radical (unpaired) electrons. The molecule has 2 aromatic heterocycles. The van der Waals surface area contributed by atoms with Crippen molar-refractivity contribution in [2.24, 2.45) is 5.92 Å². The Hall–Kier alpha value is -3.85. The molecule has 0 atom stereocenters. The Morgan fingerprint density at radius 2 is 1.91 bits per heavy atom. The molecule has 164 valence electrons. The van der Waals surface area contributed by atoms with Gasteiger partial charge in [0.05, 0.1) is 16.9 Å². The zero-order chi connectivity index (χ0) is 22.8. The molecular formula is C22H20ClN5O4. The maximum absolute atomic E-state index is 13.0. The van der Waals surface area contributed by atoms with Gasteiger partial charge in [0.25, 0.3) is 5.91 Å². The third-order valence-corrected chi connectivity index (χ3v) is 4.93. The fourth-order valence-electron chi connectivity index (χ4n) is 3.31. The molecule has 4 rings (SSSR count). The van der Waals surface area contributed by atoms with E-state index in [1.54, 1.807) is 36.4 Å². The third kappa shape index (κ3) is 4.57. The van der Waals surface area contributed by atoms with Crippen LogP contribution >= 0.6 is 11.6 Å². The fraction of sp³-hybridized carbons (Fsp3) is 0.182. The Bertz CT molecular complexity index is 1370. The lowest BCUT2D eigenvalue weighted by Crippen LogP contribution is -2.14. The smallest absolute Gasteiger partial charge is 0.349 e. The van der Waals surface area contributed by atoms with Gasteiger partial charge in [0.2, 0.25) is 5.91 Å². The number of amides is 2. The molecule has 0 aliphatic rings. The zero-order valence-corrected chi connectivity index (χ0v) is 18.0. The molecule has 0 saturated heterocycles. The number of rotatable bonds is 6. The molecule has 0 bridgehead atoms. The van der Waals surface area contributed by atoms with Crippen LogP contribution in [-0.2, 0) is 4.79 Å². The molecule has 32 heavy (non-hydrogen) atoms. The van der Waals surface area contributed by atoms with Gasteiger partial charge in [-0.2, -0.15) is 0 Å². The predicted molar refractivity (Wildman–Crippen MR) is 122 cm³/mol. The highest BCUT2D eigenvalue weighted by molar-refractivity contribution is 6.31. The summed E-state index contributed by atoms with van der Waals surface area (Å²) in [6, 6.07) is 11.9. The van der Waals surface area contributed by atoms with E-state index >= 15 is 0 Å². The van der Waals surface area contributed by atoms with Crippen molar-refractivity contribution in [1.29, 1.82) is 0 Å². The van der Waals surface area contributed by atoms with Crippen molar-refractivity contribution in [3.8, 4) is 11.4 Å². The molecule has 10 heteroatoms. The highest BCUT2D eigenvalue weighted by atomic mass is 35.5. The number of halogens is 1. The van der Waals surface area contributed by atoms with Gasteiger partial charge in [-0.1, -0.05) is 42.7 Å². The molecule has 0 unspecified atom stereocenters. The number of nitrogens with zero attached hydrogens (tertiary/aromatic N) is 1. The van der Waals surface area contributed by atoms with Crippen LogP contribution in [0.4, 0.5) is 11.4 Å². The Morgan fingerprint density at radius 1 is 1.09 bits per heavy atom. The predicted octanol–water partition coefficient (Wildman–Crippen LogP) is 4.40. The van der Waals surface area contributed by atoms with Gasteiger partial charge in [-0.25, -0.2) is 4.79 Å². The maximum atomic E-state index is 13.0. The van der Waals surface area contributed by atoms with Crippen molar-refractivity contribution >= 4 is 45.7 Å². The van der Waals surface area contributed by atoms with Gasteiger partial charge in [0, 0.05) is 22.4 Å². The van der Waals surface area contributed by atoms with E-state index in [1.807, 2.05) is 19.9 Å². The molecule has 2 heterocycles. The van der Waals surface area contributed by atoms with E-state index in [4.69, 9.17) is 11.6 Å². The minimum absolute atomic E-state index is 0.0967. The van der Waals surface area contributed by atoms with Gasteiger partial charge in [-0.15, -0.1) is 0 Å². The van der Waals surface area contributed by atoms with Gasteiger partial charge in [-0.3, -0.25) is 19.1 Å². The molecule has 2 aromatic carbocycles. The SMILES string of the molecule is CC(C)CC(=O)Nc1cccc2cc(C(=O)Nc3ccc(Cl)cc3-c3noc(=O)[nH]3)[nH]c12. The normalized spacial score (nSPS) is 11.1. The summed E-state index contributed by atoms with van der Waals surface area (Å²) in [5.41, 5.74) is 2.31. The number of nitrogens with one attached hydrogen (secondary N) is 4. The van der Waals surface area contributed by atoms with Crippen molar-refractivity contribution in [2.75, 3.05) is 10.6 Å². The van der Waals surface area contributed by atoms with Gasteiger partial charge < -0.3 is 15.6 Å². The van der Waals surface area contributed by atoms with Crippen LogP contribution in [-0.4, -0.2) is 26.9 Å². The van der Waals surface area contributed by atoms with E-state index in [2.05, 4.69) is 30.3 Å². The second-order valence-electron chi connectivity index (χ2n) is 7.69. The van der Waals surface area contributed by atoms with E-state index in [1.165, 1.54) is 0 Å². The number of aromatic nitrogens is 3. The number of carbonyl (C=O) groups is 2. The number of carbonyl (C=O) groups excluding carboxylic acids is 2. The highest BCUT2D eigenvalue weighted by Crippen LogP contribution is 2.29. The lowest BCUT2D eigenvalue weighted by atomic mass is 10.1. The summed E-state index contributed by atoms with van der Waals surface area (Å²) in [4.78, 5) is 42.0. The number of hydrogen-bond donors (Lipinski definition) is 4. The van der Waals surface area contributed by atoms with Crippen LogP contribution in [0.5, 0.6) is 0 Å². The molecule has 0 aliphatic heterocycles. The maximum Gasteiger partial charge on any atom is 0.439 e. The third-order valence-electron chi connectivity index (χ3n) is 4.69. The standard InChI is InChI=1S/C22H20ClN5O4/c1-11(2)8-18(29)24-16-5-3-4-12-9-17(25-19(12)16)21(30)26-15-7-6-13(23)10-14(15)20-27-22(31)32-28-20/h3-7,9-11,25H,8H2,1-2H3,(H,24,29)(H,26,30)(H,27,28,31). The fourth-order valence-corrected chi connectivity index (χ4v) is 3.48. The molecular weight excluding hydrogens is 434 g/mol. The molecule has 0 saturated carbocycles. The minimum Gasteiger partial charge on any atom is -0.349 e. The molecule has 0 fully saturated rings. The average molecular weight is 454 g/mol. The van der Waals surface area contributed by atoms with Gasteiger partial charge >= 0.3 is 5.76 Å². The second kappa shape index (κ2) is 8.72. The van der Waals surface area contributed by atoms with E-state index in [0.29, 0.717) is 39.6 Å². The summed E-state index contributed by atoms with van der Waals surface area (Å²) >= 11 is 6.07. The second-order valence-corrected chi connectivity index (χ2v) is 8.12. The van der Waals surface area contributed by atoms with E-state index in [0.717, 1.165) is 5.39 Å². The lowest BCUT2D eigenvalue weighted by molar-refractivity contribution is -0.116. The quantitative estimate of drug-likeness (QED) is 0.343. The van der Waals surface area contributed by atoms with Crippen LogP contribution in [0.2, 0.25) is 5.02 Å². The zero-order valence-electron chi connectivity index (χ0n) is 17.3. The first-order valence-electron chi connectivity index (χ1n) is 9.89. The first-order chi connectivity index (χ1) is 15.3. The van der Waals surface area contributed by atoms with Crippen LogP contribution in [0.1, 0.15) is 30.8 Å². The van der Waals surface area contributed by atoms with Crippen molar-refractivity contribution in [2.45, 2.75) is 20.3 Å². The van der Waals surface area contributed by atoms with Crippen LogP contribution in [0.25, 0.3) is 22.3 Å². The van der Waals surface area contributed by atoms with Crippen molar-refractivity contribution in [3.63, 3.8) is 0 Å². The molecule has 0 aliphatic carbocycles. The van der Waals surface area contributed by atoms with E-state index in [9.17, 15) is 14.4 Å². The van der Waals surface area contributed by atoms with E-state index in [-0.39, 0.29) is 17.6 Å². The lowest BCUT2D eigenvalue weighted by Gasteiger charge is -2.09. The number of benzene rings is 2. The number of anilines is 2. The minimum atomic E-state index is -0.722. The van der Waals surface area contributed by atoms with Gasteiger partial charge in [0.15, 0.2) is 5.82 Å². The van der Waals surface area contributed by atoms with Crippen LogP contribution < -0.4 is 16.4 Å².